The van der Waals surface area contributed by atoms with E-state index < -0.39 is 6.09 Å². The van der Waals surface area contributed by atoms with Crippen LogP contribution in [0.2, 0.25) is 0 Å². The van der Waals surface area contributed by atoms with E-state index in [0.717, 1.165) is 6.54 Å². The van der Waals surface area contributed by atoms with Crippen LogP contribution in [0.25, 0.3) is 0 Å². The monoisotopic (exact) mass is 143 g/mol. The first-order valence-corrected chi connectivity index (χ1v) is 3.64. The van der Waals surface area contributed by atoms with Crippen molar-refractivity contribution < 1.29 is 9.90 Å². The minimum Gasteiger partial charge on any atom is -0.465 e. The van der Waals surface area contributed by atoms with Crippen molar-refractivity contribution in [3.05, 3.63) is 0 Å². The highest BCUT2D eigenvalue weighted by Gasteiger charge is 2.20. The molecule has 0 spiro atoms. The molecule has 0 bridgehead atoms. The van der Waals surface area contributed by atoms with E-state index in [1.165, 1.54) is 24.2 Å². The summed E-state index contributed by atoms with van der Waals surface area (Å²) < 4.78 is 0. The molecule has 1 aliphatic carbocycles. The van der Waals surface area contributed by atoms with Crippen molar-refractivity contribution >= 4 is 6.09 Å². The molecular weight excluding hydrogens is 130 g/mol. The van der Waals surface area contributed by atoms with Gasteiger partial charge in [0, 0.05) is 13.6 Å². The Morgan fingerprint density at radius 3 is 2.60 bits per heavy atom. The topological polar surface area (TPSA) is 40.5 Å². The molecule has 0 unspecified atom stereocenters. The fraction of sp³-hybridized carbons (Fsp3) is 0.857. The molecule has 1 N–H and O–H groups in total. The molecule has 1 aliphatic rings. The van der Waals surface area contributed by atoms with Gasteiger partial charge in [-0.15, -0.1) is 0 Å². The molecule has 0 atom stereocenters. The summed E-state index contributed by atoms with van der Waals surface area (Å²) in [5.41, 5.74) is 0. The Morgan fingerprint density at radius 1 is 1.70 bits per heavy atom. The molecule has 58 valence electrons. The van der Waals surface area contributed by atoms with Crippen LogP contribution >= 0.6 is 0 Å². The van der Waals surface area contributed by atoms with E-state index >= 15 is 0 Å². The van der Waals surface area contributed by atoms with Crippen LogP contribution < -0.4 is 0 Å². The lowest BCUT2D eigenvalue weighted by atomic mass is 9.85. The average molecular weight is 143 g/mol. The largest absolute Gasteiger partial charge is 0.465 e. The third-order valence-corrected chi connectivity index (χ3v) is 2.08. The fourth-order valence-corrected chi connectivity index (χ4v) is 1.14. The Labute approximate surface area is 60.6 Å². The number of carbonyl (C=O) groups is 1. The van der Waals surface area contributed by atoms with E-state index in [1.54, 1.807) is 7.05 Å². The lowest BCUT2D eigenvalue weighted by Crippen LogP contribution is -2.33. The fourth-order valence-electron chi connectivity index (χ4n) is 1.14. The number of amides is 1. The minimum atomic E-state index is -0.813. The lowest BCUT2D eigenvalue weighted by Gasteiger charge is -2.28. The molecule has 0 aromatic heterocycles. The van der Waals surface area contributed by atoms with Gasteiger partial charge in [0.05, 0.1) is 0 Å². The van der Waals surface area contributed by atoms with Crippen LogP contribution in [0.5, 0.6) is 0 Å². The third kappa shape index (κ3) is 1.62. The Bertz CT molecular complexity index is 132. The Kier molecular flexibility index (Phi) is 2.14. The van der Waals surface area contributed by atoms with Gasteiger partial charge in [-0.25, -0.2) is 4.79 Å². The first-order chi connectivity index (χ1) is 4.70. The van der Waals surface area contributed by atoms with Crippen LogP contribution in [-0.2, 0) is 0 Å². The van der Waals surface area contributed by atoms with Gasteiger partial charge < -0.3 is 10.0 Å². The normalized spacial score (nSPS) is 18.1. The van der Waals surface area contributed by atoms with Gasteiger partial charge in [-0.2, -0.15) is 0 Å². The van der Waals surface area contributed by atoms with Gasteiger partial charge >= 0.3 is 6.09 Å². The summed E-state index contributed by atoms with van der Waals surface area (Å²) >= 11 is 0. The smallest absolute Gasteiger partial charge is 0.407 e. The van der Waals surface area contributed by atoms with Crippen molar-refractivity contribution in [1.82, 2.24) is 4.90 Å². The molecule has 10 heavy (non-hydrogen) atoms. The Balaban J connectivity index is 2.16. The highest BCUT2D eigenvalue weighted by atomic mass is 16.4. The van der Waals surface area contributed by atoms with E-state index in [-0.39, 0.29) is 0 Å². The summed E-state index contributed by atoms with van der Waals surface area (Å²) in [5, 5.41) is 8.48. The van der Waals surface area contributed by atoms with Crippen molar-refractivity contribution in [2.75, 3.05) is 13.6 Å². The maximum atomic E-state index is 10.3. The number of hydrogen-bond donors (Lipinski definition) is 1. The summed E-state index contributed by atoms with van der Waals surface area (Å²) in [7, 11) is 1.63. The van der Waals surface area contributed by atoms with Gasteiger partial charge in [0.1, 0.15) is 0 Å². The Hall–Kier alpha value is -0.730. The molecule has 1 fully saturated rings. The zero-order valence-corrected chi connectivity index (χ0v) is 6.21. The minimum absolute atomic E-state index is 0.640. The summed E-state index contributed by atoms with van der Waals surface area (Å²) in [6.07, 6.45) is 2.87. The second kappa shape index (κ2) is 2.90. The third-order valence-electron chi connectivity index (χ3n) is 2.08. The zero-order chi connectivity index (χ0) is 7.56. The second-order valence-electron chi connectivity index (χ2n) is 2.96. The van der Waals surface area contributed by atoms with Gasteiger partial charge in [0.15, 0.2) is 0 Å². The van der Waals surface area contributed by atoms with E-state index in [0.29, 0.717) is 5.92 Å². The van der Waals surface area contributed by atoms with Crippen molar-refractivity contribution in [1.29, 1.82) is 0 Å². The van der Waals surface area contributed by atoms with Gasteiger partial charge in [0.25, 0.3) is 0 Å². The molecule has 0 aromatic carbocycles. The van der Waals surface area contributed by atoms with Crippen LogP contribution in [0.15, 0.2) is 0 Å². The van der Waals surface area contributed by atoms with E-state index in [4.69, 9.17) is 5.11 Å². The average Bonchev–Trinajstić information content (AvgIpc) is 1.77. The molecule has 0 heterocycles. The predicted molar refractivity (Wildman–Crippen MR) is 38.0 cm³/mol. The lowest BCUT2D eigenvalue weighted by molar-refractivity contribution is 0.137. The molecule has 3 nitrogen and oxygen atoms in total. The summed E-state index contributed by atoms with van der Waals surface area (Å²) in [6.45, 7) is 0.718. The molecular formula is C7H13NO2. The molecule has 0 radical (unpaired) electrons. The summed E-state index contributed by atoms with van der Waals surface area (Å²) in [6, 6.07) is 0. The van der Waals surface area contributed by atoms with E-state index in [9.17, 15) is 4.79 Å². The van der Waals surface area contributed by atoms with Gasteiger partial charge in [-0.05, 0) is 18.8 Å². The maximum absolute atomic E-state index is 10.3. The van der Waals surface area contributed by atoms with E-state index in [2.05, 4.69) is 0 Å². The van der Waals surface area contributed by atoms with Gasteiger partial charge in [-0.1, -0.05) is 6.42 Å². The van der Waals surface area contributed by atoms with Gasteiger partial charge in [0.2, 0.25) is 0 Å². The molecule has 0 aromatic rings. The van der Waals surface area contributed by atoms with Gasteiger partial charge in [-0.3, -0.25) is 0 Å². The number of nitrogens with zero attached hydrogens (tertiary/aromatic N) is 1. The van der Waals surface area contributed by atoms with Crippen molar-refractivity contribution in [2.45, 2.75) is 19.3 Å². The molecule has 1 amide bonds. The first-order valence-electron chi connectivity index (χ1n) is 3.64. The van der Waals surface area contributed by atoms with Crippen molar-refractivity contribution in [2.24, 2.45) is 5.92 Å². The standard InChI is InChI=1S/C7H13NO2/c1-8(7(9)10)5-6-3-2-4-6/h6H,2-5H2,1H3,(H,9,10). The van der Waals surface area contributed by atoms with E-state index in [1.807, 2.05) is 0 Å². The SMILES string of the molecule is CN(CC1CCC1)C(=O)O. The predicted octanol–water partition coefficient (Wildman–Crippen LogP) is 1.40. The van der Waals surface area contributed by atoms with Crippen molar-refractivity contribution in [3.63, 3.8) is 0 Å². The number of hydrogen-bond acceptors (Lipinski definition) is 1. The second-order valence-corrected chi connectivity index (χ2v) is 2.96. The molecule has 1 rings (SSSR count). The number of rotatable bonds is 2. The molecule has 0 aliphatic heterocycles. The maximum Gasteiger partial charge on any atom is 0.407 e. The highest BCUT2D eigenvalue weighted by molar-refractivity contribution is 5.64. The van der Waals surface area contributed by atoms with Crippen LogP contribution in [0.4, 0.5) is 4.79 Å². The zero-order valence-electron chi connectivity index (χ0n) is 6.21. The van der Waals surface area contributed by atoms with Crippen LogP contribution in [-0.4, -0.2) is 29.7 Å². The molecule has 1 saturated carbocycles. The Morgan fingerprint density at radius 2 is 2.30 bits per heavy atom. The molecule has 3 heteroatoms. The summed E-state index contributed by atoms with van der Waals surface area (Å²) in [4.78, 5) is 11.7. The van der Waals surface area contributed by atoms with Crippen molar-refractivity contribution in [3.8, 4) is 0 Å². The van der Waals surface area contributed by atoms with Crippen LogP contribution in [0.1, 0.15) is 19.3 Å². The highest BCUT2D eigenvalue weighted by Crippen LogP contribution is 2.26. The first kappa shape index (κ1) is 7.38. The van der Waals surface area contributed by atoms with Crippen LogP contribution in [0.3, 0.4) is 0 Å². The van der Waals surface area contributed by atoms with Crippen LogP contribution in [0, 0.1) is 5.92 Å². The molecule has 0 saturated heterocycles. The quantitative estimate of drug-likeness (QED) is 0.634. The summed E-state index contributed by atoms with van der Waals surface area (Å²) in [5.74, 6) is 0.640. The number of carboxylic acid groups (broad SMARTS) is 1.